The Balaban J connectivity index is 2.07. The molecule has 4 nitrogen and oxygen atoms in total. The minimum absolute atomic E-state index is 0.0153. The molecule has 0 aliphatic carbocycles. The number of carbonyl (C=O) groups excluding carboxylic acids is 1. The van der Waals surface area contributed by atoms with Crippen LogP contribution in [0.25, 0.3) is 0 Å². The van der Waals surface area contributed by atoms with Crippen LogP contribution < -0.4 is 5.32 Å². The summed E-state index contributed by atoms with van der Waals surface area (Å²) in [6, 6.07) is 9.97. The van der Waals surface area contributed by atoms with Gasteiger partial charge < -0.3 is 15.3 Å². The van der Waals surface area contributed by atoms with Crippen LogP contribution in [0.2, 0.25) is 0 Å². The Labute approximate surface area is 139 Å². The van der Waals surface area contributed by atoms with Gasteiger partial charge in [0.25, 0.3) is 0 Å². The predicted octanol–water partition coefficient (Wildman–Crippen LogP) is 3.86. The summed E-state index contributed by atoms with van der Waals surface area (Å²) in [6.45, 7) is 3.95. The number of para-hydroxylation sites is 1. The minimum atomic E-state index is -0.887. The Kier molecular flexibility index (Phi) is 5.87. The van der Waals surface area contributed by atoms with E-state index < -0.39 is 29.5 Å². The fourth-order valence-electron chi connectivity index (χ4n) is 2.26. The van der Waals surface area contributed by atoms with Crippen LogP contribution in [0, 0.1) is 18.6 Å². The Morgan fingerprint density at radius 1 is 1.17 bits per heavy atom. The fraction of sp³-hybridized carbons (Fsp3) is 0.278. The summed E-state index contributed by atoms with van der Waals surface area (Å²) in [5.74, 6) is -1.70. The molecule has 24 heavy (non-hydrogen) atoms. The third-order valence-electron chi connectivity index (χ3n) is 3.72. The fourth-order valence-corrected chi connectivity index (χ4v) is 2.26. The molecule has 1 atom stereocenters. The molecule has 0 bridgehead atoms. The molecule has 0 radical (unpaired) electrons. The highest BCUT2D eigenvalue weighted by Crippen LogP contribution is 2.20. The van der Waals surface area contributed by atoms with Gasteiger partial charge in [0.05, 0.1) is 12.6 Å². The second-order valence-corrected chi connectivity index (χ2v) is 5.49. The number of nitrogens with zero attached hydrogens (tertiary/aromatic N) is 1. The van der Waals surface area contributed by atoms with Gasteiger partial charge in [-0.15, -0.1) is 0 Å². The number of carbonyl (C=O) groups is 1. The zero-order valence-corrected chi connectivity index (χ0v) is 13.6. The molecule has 2 aromatic carbocycles. The second kappa shape index (κ2) is 7.88. The Bertz CT molecular complexity index is 684. The number of likely N-dealkylation sites (N-methyl/N-ethyl adjacent to an activating group) is 1. The van der Waals surface area contributed by atoms with E-state index in [9.17, 15) is 18.7 Å². The van der Waals surface area contributed by atoms with Crippen molar-refractivity contribution in [2.75, 3.05) is 18.4 Å². The number of aryl methyl sites for hydroxylation is 1. The summed E-state index contributed by atoms with van der Waals surface area (Å²) >= 11 is 0. The molecule has 0 saturated heterocycles. The molecule has 1 unspecified atom stereocenters. The van der Waals surface area contributed by atoms with E-state index in [1.54, 1.807) is 19.1 Å². The molecule has 0 aliphatic rings. The van der Waals surface area contributed by atoms with Crippen LogP contribution >= 0.6 is 0 Å². The molecule has 128 valence electrons. The van der Waals surface area contributed by atoms with Crippen molar-refractivity contribution < 1.29 is 18.7 Å². The number of amides is 2. The lowest BCUT2D eigenvalue weighted by atomic mass is 10.1. The molecule has 2 amide bonds. The van der Waals surface area contributed by atoms with Crippen molar-refractivity contribution in [1.29, 1.82) is 0 Å². The molecule has 0 heterocycles. The van der Waals surface area contributed by atoms with Crippen molar-refractivity contribution in [2.24, 2.45) is 0 Å². The first kappa shape index (κ1) is 17.9. The SMILES string of the molecule is CCN(CC(O)c1ccc(C)cc1)C(=O)Nc1c(F)cccc1F. The Hall–Kier alpha value is -2.47. The first-order valence-corrected chi connectivity index (χ1v) is 7.67. The average Bonchev–Trinajstić information content (AvgIpc) is 2.56. The maximum absolute atomic E-state index is 13.6. The molecule has 6 heteroatoms. The maximum atomic E-state index is 13.6. The van der Waals surface area contributed by atoms with Crippen molar-refractivity contribution in [3.63, 3.8) is 0 Å². The predicted molar refractivity (Wildman–Crippen MR) is 88.8 cm³/mol. The van der Waals surface area contributed by atoms with Crippen molar-refractivity contribution >= 4 is 11.7 Å². The van der Waals surface area contributed by atoms with E-state index in [1.165, 1.54) is 11.0 Å². The van der Waals surface area contributed by atoms with Crippen LogP contribution in [0.15, 0.2) is 42.5 Å². The zero-order chi connectivity index (χ0) is 17.7. The number of urea groups is 1. The molecule has 0 saturated carbocycles. The lowest BCUT2D eigenvalue weighted by molar-refractivity contribution is 0.128. The molecular weight excluding hydrogens is 314 g/mol. The van der Waals surface area contributed by atoms with Gasteiger partial charge >= 0.3 is 6.03 Å². The topological polar surface area (TPSA) is 52.6 Å². The highest BCUT2D eigenvalue weighted by atomic mass is 19.1. The molecule has 2 N–H and O–H groups in total. The van der Waals surface area contributed by atoms with E-state index in [2.05, 4.69) is 5.32 Å². The van der Waals surface area contributed by atoms with Gasteiger partial charge in [0.2, 0.25) is 0 Å². The molecule has 2 aromatic rings. The van der Waals surface area contributed by atoms with Crippen LogP contribution in [-0.2, 0) is 0 Å². The number of hydrogen-bond donors (Lipinski definition) is 2. The summed E-state index contributed by atoms with van der Waals surface area (Å²) in [6.07, 6.45) is -0.887. The van der Waals surface area contributed by atoms with Gasteiger partial charge in [-0.05, 0) is 31.5 Å². The summed E-state index contributed by atoms with van der Waals surface area (Å²) in [7, 11) is 0. The van der Waals surface area contributed by atoms with E-state index in [-0.39, 0.29) is 13.1 Å². The van der Waals surface area contributed by atoms with E-state index in [1.807, 2.05) is 19.1 Å². The van der Waals surface area contributed by atoms with Gasteiger partial charge in [0.15, 0.2) is 0 Å². The van der Waals surface area contributed by atoms with Gasteiger partial charge in [-0.25, -0.2) is 13.6 Å². The first-order valence-electron chi connectivity index (χ1n) is 7.67. The van der Waals surface area contributed by atoms with Crippen molar-refractivity contribution in [1.82, 2.24) is 4.90 Å². The Morgan fingerprint density at radius 2 is 1.75 bits per heavy atom. The highest BCUT2D eigenvalue weighted by Gasteiger charge is 2.20. The largest absolute Gasteiger partial charge is 0.387 e. The van der Waals surface area contributed by atoms with Crippen molar-refractivity contribution in [2.45, 2.75) is 20.0 Å². The number of aliphatic hydroxyl groups excluding tert-OH is 1. The summed E-state index contributed by atoms with van der Waals surface area (Å²) in [5.41, 5.74) is 1.24. The molecule has 2 rings (SSSR count). The summed E-state index contributed by atoms with van der Waals surface area (Å²) in [4.78, 5) is 13.5. The molecule has 0 aliphatic heterocycles. The number of hydrogen-bond acceptors (Lipinski definition) is 2. The third kappa shape index (κ3) is 4.29. The lowest BCUT2D eigenvalue weighted by Gasteiger charge is -2.24. The minimum Gasteiger partial charge on any atom is -0.387 e. The normalized spacial score (nSPS) is 11.9. The molecule has 0 fully saturated rings. The number of benzene rings is 2. The van der Waals surface area contributed by atoms with Crippen LogP contribution in [0.1, 0.15) is 24.2 Å². The number of nitrogens with one attached hydrogen (secondary N) is 1. The van der Waals surface area contributed by atoms with Gasteiger partial charge in [-0.2, -0.15) is 0 Å². The van der Waals surface area contributed by atoms with E-state index in [4.69, 9.17) is 0 Å². The maximum Gasteiger partial charge on any atom is 0.322 e. The van der Waals surface area contributed by atoms with Gasteiger partial charge in [-0.1, -0.05) is 35.9 Å². The molecule has 0 spiro atoms. The van der Waals surface area contributed by atoms with Crippen LogP contribution in [-0.4, -0.2) is 29.1 Å². The monoisotopic (exact) mass is 334 g/mol. The number of aliphatic hydroxyl groups is 1. The molecule has 0 aromatic heterocycles. The Morgan fingerprint density at radius 3 is 2.29 bits per heavy atom. The standard InChI is InChI=1S/C18H20F2N2O2/c1-3-22(11-16(23)13-9-7-12(2)8-10-13)18(24)21-17-14(19)5-4-6-15(17)20/h4-10,16,23H,3,11H2,1-2H3,(H,21,24). The van der Waals surface area contributed by atoms with Crippen LogP contribution in [0.3, 0.4) is 0 Å². The number of halogens is 2. The molecular formula is C18H20F2N2O2. The van der Waals surface area contributed by atoms with Gasteiger partial charge in [0.1, 0.15) is 17.3 Å². The van der Waals surface area contributed by atoms with Gasteiger partial charge in [0, 0.05) is 6.54 Å². The average molecular weight is 334 g/mol. The highest BCUT2D eigenvalue weighted by molar-refractivity contribution is 5.89. The summed E-state index contributed by atoms with van der Waals surface area (Å²) < 4.78 is 27.2. The number of rotatable bonds is 5. The number of anilines is 1. The van der Waals surface area contributed by atoms with E-state index in [0.717, 1.165) is 17.7 Å². The van der Waals surface area contributed by atoms with Crippen molar-refractivity contribution in [3.05, 3.63) is 65.2 Å². The van der Waals surface area contributed by atoms with E-state index in [0.29, 0.717) is 5.56 Å². The lowest BCUT2D eigenvalue weighted by Crippen LogP contribution is -2.38. The van der Waals surface area contributed by atoms with Gasteiger partial charge in [-0.3, -0.25) is 0 Å². The second-order valence-electron chi connectivity index (χ2n) is 5.49. The van der Waals surface area contributed by atoms with Crippen LogP contribution in [0.5, 0.6) is 0 Å². The third-order valence-corrected chi connectivity index (χ3v) is 3.72. The van der Waals surface area contributed by atoms with E-state index >= 15 is 0 Å². The first-order chi connectivity index (χ1) is 11.4. The smallest absolute Gasteiger partial charge is 0.322 e. The zero-order valence-electron chi connectivity index (χ0n) is 13.6. The summed E-state index contributed by atoms with van der Waals surface area (Å²) in [5, 5.41) is 12.5. The van der Waals surface area contributed by atoms with Crippen molar-refractivity contribution in [3.8, 4) is 0 Å². The van der Waals surface area contributed by atoms with Crippen LogP contribution in [0.4, 0.5) is 19.3 Å². The quantitative estimate of drug-likeness (QED) is 0.872.